The summed E-state index contributed by atoms with van der Waals surface area (Å²) < 4.78 is 42.6. The molecular formula is C31H34O5S2. The quantitative estimate of drug-likeness (QED) is 0.153. The third-order valence-electron chi connectivity index (χ3n) is 5.35. The van der Waals surface area contributed by atoms with Crippen LogP contribution in [0.3, 0.4) is 0 Å². The first-order valence-corrected chi connectivity index (χ1v) is 15.2. The van der Waals surface area contributed by atoms with E-state index >= 15 is 0 Å². The highest BCUT2D eigenvalue weighted by Gasteiger charge is 2.28. The molecule has 200 valence electrons. The van der Waals surface area contributed by atoms with Crippen molar-refractivity contribution in [3.05, 3.63) is 109 Å². The van der Waals surface area contributed by atoms with E-state index in [0.717, 1.165) is 43.1 Å². The first-order chi connectivity index (χ1) is 18.3. The zero-order valence-electron chi connectivity index (χ0n) is 22.0. The average Bonchev–Trinajstić information content (AvgIpc) is 2.93. The van der Waals surface area contributed by atoms with E-state index in [1.54, 1.807) is 12.1 Å². The molecule has 0 radical (unpaired) electrons. The van der Waals surface area contributed by atoms with Crippen LogP contribution in [0.5, 0.6) is 11.5 Å². The Hall–Kier alpha value is -3.26. The lowest BCUT2D eigenvalue weighted by atomic mass is 10.2. The third kappa shape index (κ3) is 8.94. The average molecular weight is 551 g/mol. The minimum absolute atomic E-state index is 0.154. The van der Waals surface area contributed by atoms with Gasteiger partial charge in [-0.05, 0) is 92.6 Å². The van der Waals surface area contributed by atoms with Crippen molar-refractivity contribution in [2.24, 2.45) is 0 Å². The molecule has 0 N–H and O–H groups in total. The van der Waals surface area contributed by atoms with Crippen molar-refractivity contribution in [1.82, 2.24) is 0 Å². The summed E-state index contributed by atoms with van der Waals surface area (Å²) in [6, 6.07) is 33.5. The highest BCUT2D eigenvalue weighted by atomic mass is 32.2. The van der Waals surface area contributed by atoms with Crippen LogP contribution in [0.2, 0.25) is 0 Å². The standard InChI is InChI=1S/C24H27O2S.C7H8O3S/c1-3-18-25-20-10-14-23(15-11-20)27(22-8-6-5-7-9-22)24-16-12-21(13-17-24)26-19-4-2;1-6-2-4-7(5-3-6)11(8,9)10/h5-17H,3-4,18-19H2,1-2H3;2-5H,1H3,(H,8,9,10)/q+1;/p-1. The van der Waals surface area contributed by atoms with Gasteiger partial charge in [0, 0.05) is 0 Å². The fraction of sp³-hybridized carbons (Fsp3) is 0.226. The number of hydrogen-bond acceptors (Lipinski definition) is 5. The van der Waals surface area contributed by atoms with Crippen LogP contribution >= 0.6 is 0 Å². The van der Waals surface area contributed by atoms with Gasteiger partial charge in [-0.2, -0.15) is 0 Å². The van der Waals surface area contributed by atoms with Crippen molar-refractivity contribution in [3.63, 3.8) is 0 Å². The lowest BCUT2D eigenvalue weighted by Gasteiger charge is -2.10. The number of aryl methyl sites for hydroxylation is 1. The Morgan fingerprint density at radius 2 is 1.05 bits per heavy atom. The monoisotopic (exact) mass is 550 g/mol. The van der Waals surface area contributed by atoms with E-state index in [2.05, 4.69) is 92.7 Å². The van der Waals surface area contributed by atoms with Crippen molar-refractivity contribution < 1.29 is 22.4 Å². The Bertz CT molecular complexity index is 1290. The van der Waals surface area contributed by atoms with Crippen LogP contribution in [0, 0.1) is 6.92 Å². The Morgan fingerprint density at radius 1 is 0.632 bits per heavy atom. The van der Waals surface area contributed by atoms with Gasteiger partial charge < -0.3 is 14.0 Å². The fourth-order valence-corrected chi connectivity index (χ4v) is 5.99. The summed E-state index contributed by atoms with van der Waals surface area (Å²) in [4.78, 5) is 3.70. The predicted molar refractivity (Wildman–Crippen MR) is 152 cm³/mol. The Labute approximate surface area is 229 Å². The number of rotatable bonds is 10. The van der Waals surface area contributed by atoms with E-state index < -0.39 is 10.1 Å². The largest absolute Gasteiger partial charge is 0.744 e. The van der Waals surface area contributed by atoms with E-state index in [0.29, 0.717) is 0 Å². The molecule has 0 bridgehead atoms. The SMILES string of the molecule is CCCOc1ccc([S+](c2ccccc2)c2ccc(OCCC)cc2)cc1.Cc1ccc(S(=O)(=O)[O-])cc1. The van der Waals surface area contributed by atoms with Crippen LogP contribution in [0.1, 0.15) is 32.3 Å². The van der Waals surface area contributed by atoms with Crippen LogP contribution in [0.15, 0.2) is 123 Å². The van der Waals surface area contributed by atoms with Gasteiger partial charge in [0.25, 0.3) is 0 Å². The van der Waals surface area contributed by atoms with Gasteiger partial charge in [-0.25, -0.2) is 8.42 Å². The summed E-state index contributed by atoms with van der Waals surface area (Å²) in [6.45, 7) is 7.57. The zero-order valence-corrected chi connectivity index (χ0v) is 23.6. The van der Waals surface area contributed by atoms with Gasteiger partial charge in [0.15, 0.2) is 14.7 Å². The van der Waals surface area contributed by atoms with E-state index in [1.165, 1.54) is 26.8 Å². The van der Waals surface area contributed by atoms with E-state index in [-0.39, 0.29) is 15.8 Å². The van der Waals surface area contributed by atoms with Crippen LogP contribution < -0.4 is 9.47 Å². The highest BCUT2D eigenvalue weighted by molar-refractivity contribution is 7.97. The highest BCUT2D eigenvalue weighted by Crippen LogP contribution is 2.33. The maximum Gasteiger partial charge on any atom is 0.166 e. The molecule has 4 aromatic carbocycles. The van der Waals surface area contributed by atoms with E-state index in [1.807, 2.05) is 6.92 Å². The molecule has 0 heterocycles. The molecule has 0 aliphatic carbocycles. The summed E-state index contributed by atoms with van der Waals surface area (Å²) in [6.07, 6.45) is 2.03. The van der Waals surface area contributed by atoms with Crippen molar-refractivity contribution in [3.8, 4) is 11.5 Å². The number of benzene rings is 4. The molecule has 4 aromatic rings. The molecule has 0 saturated heterocycles. The maximum absolute atomic E-state index is 10.4. The molecule has 5 nitrogen and oxygen atoms in total. The molecule has 0 unspecified atom stereocenters. The molecule has 0 atom stereocenters. The van der Waals surface area contributed by atoms with Crippen LogP contribution in [0.25, 0.3) is 0 Å². The molecule has 0 aliphatic rings. The lowest BCUT2D eigenvalue weighted by molar-refractivity contribution is 0.317. The van der Waals surface area contributed by atoms with Crippen LogP contribution in [-0.4, -0.2) is 26.2 Å². The fourth-order valence-electron chi connectivity index (χ4n) is 3.45. The first-order valence-electron chi connectivity index (χ1n) is 12.6. The molecular weight excluding hydrogens is 516 g/mol. The molecule has 0 aromatic heterocycles. The van der Waals surface area contributed by atoms with Crippen molar-refractivity contribution >= 4 is 21.0 Å². The molecule has 4 rings (SSSR count). The van der Waals surface area contributed by atoms with Crippen molar-refractivity contribution in [1.29, 1.82) is 0 Å². The number of ether oxygens (including phenoxy) is 2. The second-order valence-electron chi connectivity index (χ2n) is 8.53. The first kappa shape index (κ1) is 29.3. The van der Waals surface area contributed by atoms with Gasteiger partial charge in [-0.3, -0.25) is 0 Å². The Morgan fingerprint density at radius 3 is 1.45 bits per heavy atom. The Balaban J connectivity index is 0.000000304. The van der Waals surface area contributed by atoms with Gasteiger partial charge in [0.1, 0.15) is 21.6 Å². The van der Waals surface area contributed by atoms with Gasteiger partial charge in [-0.1, -0.05) is 49.7 Å². The van der Waals surface area contributed by atoms with E-state index in [9.17, 15) is 13.0 Å². The Kier molecular flexibility index (Phi) is 11.3. The molecule has 0 saturated carbocycles. The zero-order chi connectivity index (χ0) is 27.4. The third-order valence-corrected chi connectivity index (χ3v) is 8.43. The molecule has 7 heteroatoms. The van der Waals surface area contributed by atoms with Crippen LogP contribution in [0.4, 0.5) is 0 Å². The molecule has 38 heavy (non-hydrogen) atoms. The topological polar surface area (TPSA) is 75.7 Å². The van der Waals surface area contributed by atoms with Gasteiger partial charge in [0.2, 0.25) is 0 Å². The van der Waals surface area contributed by atoms with Gasteiger partial charge in [0.05, 0.1) is 29.0 Å². The van der Waals surface area contributed by atoms with Crippen LogP contribution in [-0.2, 0) is 21.0 Å². The summed E-state index contributed by atoms with van der Waals surface area (Å²) >= 11 is 0. The molecule has 0 fully saturated rings. The second kappa shape index (κ2) is 14.6. The van der Waals surface area contributed by atoms with Crippen molar-refractivity contribution in [2.75, 3.05) is 13.2 Å². The lowest BCUT2D eigenvalue weighted by Crippen LogP contribution is -2.05. The van der Waals surface area contributed by atoms with Gasteiger partial charge in [-0.15, -0.1) is 0 Å². The van der Waals surface area contributed by atoms with Crippen molar-refractivity contribution in [2.45, 2.75) is 53.2 Å². The smallest absolute Gasteiger partial charge is 0.166 e. The summed E-state index contributed by atoms with van der Waals surface area (Å²) in [5, 5.41) is 0. The minimum atomic E-state index is -4.27. The minimum Gasteiger partial charge on any atom is -0.744 e. The number of hydrogen-bond donors (Lipinski definition) is 0. The molecule has 0 amide bonds. The normalized spacial score (nSPS) is 11.0. The maximum atomic E-state index is 10.4. The molecule has 0 aliphatic heterocycles. The molecule has 0 spiro atoms. The summed E-state index contributed by atoms with van der Waals surface area (Å²) in [7, 11) is -4.42. The predicted octanol–water partition coefficient (Wildman–Crippen LogP) is 7.26. The summed E-state index contributed by atoms with van der Waals surface area (Å²) in [5.74, 6) is 1.86. The van der Waals surface area contributed by atoms with Gasteiger partial charge >= 0.3 is 0 Å². The summed E-state index contributed by atoms with van der Waals surface area (Å²) in [5.41, 5.74) is 0.928. The van der Waals surface area contributed by atoms with E-state index in [4.69, 9.17) is 9.47 Å². The second-order valence-corrected chi connectivity index (χ2v) is 11.9.